The molecular weight excluding hydrogens is 223 g/mol. The Kier molecular flexibility index (Phi) is 3.32. The summed E-state index contributed by atoms with van der Waals surface area (Å²) in [4.78, 5) is 15.2. The fourth-order valence-corrected chi connectivity index (χ4v) is 1.48. The summed E-state index contributed by atoms with van der Waals surface area (Å²) < 4.78 is 13.2. The molecule has 2 N–H and O–H groups in total. The van der Waals surface area contributed by atoms with Crippen LogP contribution < -0.4 is 10.7 Å². The van der Waals surface area contributed by atoms with Crippen LogP contribution in [-0.2, 0) is 4.79 Å². The van der Waals surface area contributed by atoms with Crippen LogP contribution in [0.2, 0.25) is 0 Å². The molecule has 0 aliphatic carbocycles. The fourth-order valence-electron chi connectivity index (χ4n) is 1.48. The van der Waals surface area contributed by atoms with Crippen LogP contribution in [0.4, 0.5) is 10.1 Å². The average molecular weight is 236 g/mol. The minimum absolute atomic E-state index is 0.177. The Morgan fingerprint density at radius 3 is 3.12 bits per heavy atom. The molecule has 5 nitrogen and oxygen atoms in total. The van der Waals surface area contributed by atoms with Gasteiger partial charge in [0.05, 0.1) is 17.6 Å². The number of halogens is 1. The first-order valence-corrected chi connectivity index (χ1v) is 5.40. The number of hydrogen-bond acceptors (Lipinski definition) is 4. The second-order valence-corrected chi connectivity index (χ2v) is 3.82. The number of nitrogens with one attached hydrogen (secondary N) is 2. The second-order valence-electron chi connectivity index (χ2n) is 3.82. The molecule has 6 heteroatoms. The number of piperidine rings is 1. The van der Waals surface area contributed by atoms with Gasteiger partial charge in [-0.2, -0.15) is 5.10 Å². The Labute approximate surface area is 98.1 Å². The highest BCUT2D eigenvalue weighted by Crippen LogP contribution is 2.11. The third-order valence-corrected chi connectivity index (χ3v) is 2.48. The van der Waals surface area contributed by atoms with Crippen molar-refractivity contribution in [2.45, 2.75) is 19.8 Å². The minimum atomic E-state index is -0.400. The lowest BCUT2D eigenvalue weighted by Crippen LogP contribution is -2.37. The smallest absolute Gasteiger partial charge is 0.267 e. The van der Waals surface area contributed by atoms with E-state index in [-0.39, 0.29) is 5.91 Å². The van der Waals surface area contributed by atoms with E-state index in [1.165, 1.54) is 12.3 Å². The molecule has 1 amide bonds. The van der Waals surface area contributed by atoms with Crippen LogP contribution in [0.25, 0.3) is 0 Å². The molecule has 0 aromatic carbocycles. The summed E-state index contributed by atoms with van der Waals surface area (Å²) in [7, 11) is 0. The van der Waals surface area contributed by atoms with Crippen molar-refractivity contribution in [2.24, 2.45) is 5.10 Å². The van der Waals surface area contributed by atoms with E-state index in [9.17, 15) is 9.18 Å². The predicted molar refractivity (Wildman–Crippen MR) is 62.2 cm³/mol. The van der Waals surface area contributed by atoms with E-state index in [4.69, 9.17) is 0 Å². The summed E-state index contributed by atoms with van der Waals surface area (Å²) in [5.74, 6) is -0.576. The van der Waals surface area contributed by atoms with E-state index in [0.717, 1.165) is 6.42 Å². The standard InChI is InChI=1S/C11H13FN4O/c1-7-9(12)5-8(6-14-7)15-16-10-3-2-4-13-11(10)17/h5-6,15H,2-4H2,1H3,(H,13,17)/b16-10-. The van der Waals surface area contributed by atoms with Crippen LogP contribution in [0.5, 0.6) is 0 Å². The summed E-state index contributed by atoms with van der Waals surface area (Å²) in [5, 5.41) is 6.64. The van der Waals surface area contributed by atoms with Gasteiger partial charge in [0.25, 0.3) is 5.91 Å². The van der Waals surface area contributed by atoms with Crippen LogP contribution in [-0.4, -0.2) is 23.1 Å². The van der Waals surface area contributed by atoms with Gasteiger partial charge < -0.3 is 5.32 Å². The van der Waals surface area contributed by atoms with Crippen LogP contribution in [0, 0.1) is 12.7 Å². The molecule has 1 aliphatic heterocycles. The molecule has 1 aromatic heterocycles. The van der Waals surface area contributed by atoms with E-state index in [1.807, 2.05) is 0 Å². The van der Waals surface area contributed by atoms with Crippen molar-refractivity contribution < 1.29 is 9.18 Å². The first-order chi connectivity index (χ1) is 8.16. The predicted octanol–water partition coefficient (Wildman–Crippen LogP) is 1.21. The van der Waals surface area contributed by atoms with Crippen LogP contribution in [0.3, 0.4) is 0 Å². The molecule has 0 saturated carbocycles. The maximum absolute atomic E-state index is 13.2. The summed E-state index contributed by atoms with van der Waals surface area (Å²) in [6, 6.07) is 1.30. The number of anilines is 1. The molecule has 2 rings (SSSR count). The second kappa shape index (κ2) is 4.90. The monoisotopic (exact) mass is 236 g/mol. The minimum Gasteiger partial charge on any atom is -0.351 e. The zero-order chi connectivity index (χ0) is 12.3. The normalized spacial score (nSPS) is 18.0. The molecule has 0 unspecified atom stereocenters. The van der Waals surface area contributed by atoms with Crippen molar-refractivity contribution in [1.29, 1.82) is 0 Å². The Morgan fingerprint density at radius 1 is 1.59 bits per heavy atom. The lowest BCUT2D eigenvalue weighted by molar-refractivity contribution is -0.115. The number of aromatic nitrogens is 1. The van der Waals surface area contributed by atoms with E-state index in [2.05, 4.69) is 20.8 Å². The summed E-state index contributed by atoms with van der Waals surface area (Å²) in [5.41, 5.74) is 3.83. The fraction of sp³-hybridized carbons (Fsp3) is 0.364. The molecule has 2 heterocycles. The van der Waals surface area contributed by atoms with Gasteiger partial charge in [-0.3, -0.25) is 15.2 Å². The number of nitrogens with zero attached hydrogens (tertiary/aromatic N) is 2. The zero-order valence-electron chi connectivity index (χ0n) is 9.46. The topological polar surface area (TPSA) is 66.4 Å². The summed E-state index contributed by atoms with van der Waals surface area (Å²) in [6.45, 7) is 2.26. The number of aryl methyl sites for hydroxylation is 1. The van der Waals surface area contributed by atoms with Crippen molar-refractivity contribution >= 4 is 17.3 Å². The Balaban J connectivity index is 2.08. The van der Waals surface area contributed by atoms with Crippen molar-refractivity contribution in [3.8, 4) is 0 Å². The number of carbonyl (C=O) groups excluding carboxylic acids is 1. The molecule has 0 atom stereocenters. The quantitative estimate of drug-likeness (QED) is 0.758. The summed E-state index contributed by atoms with van der Waals surface area (Å²) >= 11 is 0. The van der Waals surface area contributed by atoms with Crippen molar-refractivity contribution in [2.75, 3.05) is 12.0 Å². The maximum atomic E-state index is 13.2. The van der Waals surface area contributed by atoms with Gasteiger partial charge in [-0.05, 0) is 19.8 Å². The number of hydrogen-bond donors (Lipinski definition) is 2. The van der Waals surface area contributed by atoms with E-state index in [1.54, 1.807) is 6.92 Å². The van der Waals surface area contributed by atoms with Crippen LogP contribution >= 0.6 is 0 Å². The van der Waals surface area contributed by atoms with E-state index < -0.39 is 5.82 Å². The highest BCUT2D eigenvalue weighted by molar-refractivity contribution is 6.39. The molecule has 1 fully saturated rings. The Hall–Kier alpha value is -1.98. The molecule has 17 heavy (non-hydrogen) atoms. The number of hydrazone groups is 1. The van der Waals surface area contributed by atoms with E-state index in [0.29, 0.717) is 30.1 Å². The van der Waals surface area contributed by atoms with E-state index >= 15 is 0 Å². The molecule has 1 aliphatic rings. The largest absolute Gasteiger partial charge is 0.351 e. The third-order valence-electron chi connectivity index (χ3n) is 2.48. The number of rotatable bonds is 2. The highest BCUT2D eigenvalue weighted by Gasteiger charge is 2.15. The maximum Gasteiger partial charge on any atom is 0.267 e. The van der Waals surface area contributed by atoms with Gasteiger partial charge in [0.1, 0.15) is 11.5 Å². The molecule has 1 aromatic rings. The first kappa shape index (κ1) is 11.5. The van der Waals surface area contributed by atoms with Crippen LogP contribution in [0.1, 0.15) is 18.5 Å². The molecular formula is C11H13FN4O. The lowest BCUT2D eigenvalue weighted by Gasteiger charge is -2.13. The Bertz CT molecular complexity index is 473. The molecule has 0 bridgehead atoms. The van der Waals surface area contributed by atoms with Gasteiger partial charge >= 0.3 is 0 Å². The Morgan fingerprint density at radius 2 is 2.41 bits per heavy atom. The van der Waals surface area contributed by atoms with Crippen molar-refractivity contribution in [3.63, 3.8) is 0 Å². The lowest BCUT2D eigenvalue weighted by atomic mass is 10.1. The molecule has 0 spiro atoms. The number of pyridine rings is 1. The van der Waals surface area contributed by atoms with Gasteiger partial charge in [0.2, 0.25) is 0 Å². The molecule has 1 saturated heterocycles. The molecule has 0 radical (unpaired) electrons. The third kappa shape index (κ3) is 2.77. The highest BCUT2D eigenvalue weighted by atomic mass is 19.1. The van der Waals surface area contributed by atoms with Crippen LogP contribution in [0.15, 0.2) is 17.4 Å². The van der Waals surface area contributed by atoms with Crippen molar-refractivity contribution in [1.82, 2.24) is 10.3 Å². The van der Waals surface area contributed by atoms with Gasteiger partial charge in [-0.25, -0.2) is 4.39 Å². The van der Waals surface area contributed by atoms with Gasteiger partial charge in [-0.15, -0.1) is 0 Å². The average Bonchev–Trinajstić information content (AvgIpc) is 2.32. The van der Waals surface area contributed by atoms with Gasteiger partial charge in [0, 0.05) is 12.6 Å². The summed E-state index contributed by atoms with van der Waals surface area (Å²) in [6.07, 6.45) is 2.97. The van der Waals surface area contributed by atoms with Crippen molar-refractivity contribution in [3.05, 3.63) is 23.8 Å². The molecule has 90 valence electrons. The first-order valence-electron chi connectivity index (χ1n) is 5.40. The SMILES string of the molecule is Cc1ncc(N/N=C2/CCCNC2=O)cc1F. The number of amides is 1. The van der Waals surface area contributed by atoms with Gasteiger partial charge in [-0.1, -0.05) is 0 Å². The zero-order valence-corrected chi connectivity index (χ0v) is 9.46. The van der Waals surface area contributed by atoms with Gasteiger partial charge in [0.15, 0.2) is 0 Å². The number of carbonyl (C=O) groups is 1.